The highest BCUT2D eigenvalue weighted by Gasteiger charge is 2.28. The van der Waals surface area contributed by atoms with Gasteiger partial charge in [-0.3, -0.25) is 9.59 Å². The van der Waals surface area contributed by atoms with Gasteiger partial charge in [-0.25, -0.2) is 0 Å². The summed E-state index contributed by atoms with van der Waals surface area (Å²) in [5, 5.41) is 3.15. The van der Waals surface area contributed by atoms with E-state index in [0.29, 0.717) is 12.3 Å². The van der Waals surface area contributed by atoms with Gasteiger partial charge in [0.25, 0.3) is 5.91 Å². The fraction of sp³-hybridized carbons (Fsp3) is 0.481. The first-order chi connectivity index (χ1) is 16.4. The number of carbonyl (C=O) groups excluding carboxylic acids is 2. The Morgan fingerprint density at radius 2 is 1.76 bits per heavy atom. The van der Waals surface area contributed by atoms with E-state index in [1.807, 2.05) is 42.5 Å². The minimum absolute atomic E-state index is 0.123. The number of benzene rings is 2. The fourth-order valence-corrected chi connectivity index (χ4v) is 4.72. The minimum atomic E-state index is -0.619. The van der Waals surface area contributed by atoms with Gasteiger partial charge in [0.15, 0.2) is 6.61 Å². The number of amides is 2. The van der Waals surface area contributed by atoms with Crippen molar-refractivity contribution in [3.05, 3.63) is 58.1 Å². The van der Waals surface area contributed by atoms with Gasteiger partial charge in [-0.2, -0.15) is 0 Å². The molecule has 2 aromatic rings. The molecular weight excluding hydrogens is 496 g/mol. The van der Waals surface area contributed by atoms with Crippen LogP contribution in [0.15, 0.2) is 46.9 Å². The third-order valence-electron chi connectivity index (χ3n) is 6.39. The van der Waals surface area contributed by atoms with Crippen molar-refractivity contribution in [3.63, 3.8) is 0 Å². The summed E-state index contributed by atoms with van der Waals surface area (Å²) >= 11 is 3.52. The zero-order valence-electron chi connectivity index (χ0n) is 20.3. The summed E-state index contributed by atoms with van der Waals surface area (Å²) in [6.07, 6.45) is 6.39. The van der Waals surface area contributed by atoms with E-state index in [-0.39, 0.29) is 24.5 Å². The second-order valence-electron chi connectivity index (χ2n) is 8.80. The highest BCUT2D eigenvalue weighted by molar-refractivity contribution is 9.10. The molecule has 0 spiro atoms. The van der Waals surface area contributed by atoms with Gasteiger partial charge in [0.2, 0.25) is 5.91 Å². The molecule has 1 aliphatic carbocycles. The topological polar surface area (TPSA) is 67.9 Å². The number of ether oxygens (including phenoxy) is 2. The van der Waals surface area contributed by atoms with Crippen LogP contribution in [-0.4, -0.2) is 42.5 Å². The summed E-state index contributed by atoms with van der Waals surface area (Å²) in [5.74, 6) is 0.985. The van der Waals surface area contributed by atoms with Gasteiger partial charge >= 0.3 is 0 Å². The Bertz CT molecular complexity index is 958. The maximum atomic E-state index is 13.3. The third kappa shape index (κ3) is 7.23. The van der Waals surface area contributed by atoms with Crippen molar-refractivity contribution >= 4 is 27.7 Å². The van der Waals surface area contributed by atoms with Crippen molar-refractivity contribution in [2.24, 2.45) is 0 Å². The Hall–Kier alpha value is -2.54. The number of methoxy groups -OCH3 is 1. The van der Waals surface area contributed by atoms with Gasteiger partial charge < -0.3 is 19.7 Å². The summed E-state index contributed by atoms with van der Waals surface area (Å²) in [6, 6.07) is 12.9. The molecule has 34 heavy (non-hydrogen) atoms. The van der Waals surface area contributed by atoms with Gasteiger partial charge in [0.05, 0.1) is 11.6 Å². The average Bonchev–Trinajstić information content (AvgIpc) is 2.86. The molecule has 1 N–H and O–H groups in total. The Balaban J connectivity index is 1.72. The van der Waals surface area contributed by atoms with E-state index in [1.54, 1.807) is 18.9 Å². The molecule has 2 amide bonds. The standard InChI is InChI=1S/C27H35BrN2O4/c1-4-20-12-15-25(24(28)16-20)34-18-26(31)30(17-21-10-13-23(33-3)14-11-21)19(2)27(32)29-22-8-6-5-7-9-22/h10-16,19,22H,4-9,17-18H2,1-3H3,(H,29,32). The minimum Gasteiger partial charge on any atom is -0.497 e. The number of nitrogens with zero attached hydrogens (tertiary/aromatic N) is 1. The van der Waals surface area contributed by atoms with E-state index in [0.717, 1.165) is 47.9 Å². The van der Waals surface area contributed by atoms with Crippen LogP contribution in [0.4, 0.5) is 0 Å². The first-order valence-electron chi connectivity index (χ1n) is 12.0. The molecule has 0 bridgehead atoms. The summed E-state index contributed by atoms with van der Waals surface area (Å²) in [6.45, 7) is 4.02. The zero-order chi connectivity index (χ0) is 24.5. The monoisotopic (exact) mass is 530 g/mol. The molecule has 0 heterocycles. The lowest BCUT2D eigenvalue weighted by atomic mass is 9.95. The molecule has 1 atom stereocenters. The average molecular weight is 531 g/mol. The van der Waals surface area contributed by atoms with E-state index in [4.69, 9.17) is 9.47 Å². The highest BCUT2D eigenvalue weighted by Crippen LogP contribution is 2.26. The van der Waals surface area contributed by atoms with Crippen molar-refractivity contribution in [2.45, 2.75) is 71.0 Å². The van der Waals surface area contributed by atoms with Crippen LogP contribution >= 0.6 is 15.9 Å². The van der Waals surface area contributed by atoms with Gasteiger partial charge in [-0.15, -0.1) is 0 Å². The molecular formula is C27H35BrN2O4. The normalized spacial score (nSPS) is 14.8. The summed E-state index contributed by atoms with van der Waals surface area (Å²) in [5.41, 5.74) is 2.10. The van der Waals surface area contributed by atoms with E-state index >= 15 is 0 Å². The van der Waals surface area contributed by atoms with Crippen molar-refractivity contribution in [3.8, 4) is 11.5 Å². The van der Waals surface area contributed by atoms with E-state index in [9.17, 15) is 9.59 Å². The fourth-order valence-electron chi connectivity index (χ4n) is 4.18. The van der Waals surface area contributed by atoms with Crippen LogP contribution in [0.25, 0.3) is 0 Å². The summed E-state index contributed by atoms with van der Waals surface area (Å²) in [4.78, 5) is 28.0. The van der Waals surface area contributed by atoms with Gasteiger partial charge in [-0.1, -0.05) is 44.4 Å². The van der Waals surface area contributed by atoms with Crippen LogP contribution < -0.4 is 14.8 Å². The van der Waals surface area contributed by atoms with Crippen molar-refractivity contribution < 1.29 is 19.1 Å². The third-order valence-corrected chi connectivity index (χ3v) is 7.01. The number of aryl methyl sites for hydroxylation is 1. The lowest BCUT2D eigenvalue weighted by Gasteiger charge is -2.31. The summed E-state index contributed by atoms with van der Waals surface area (Å²) < 4.78 is 11.9. The SMILES string of the molecule is CCc1ccc(OCC(=O)N(Cc2ccc(OC)cc2)C(C)C(=O)NC2CCCCC2)c(Br)c1. The molecule has 0 saturated heterocycles. The Labute approximate surface area is 211 Å². The van der Waals surface area contributed by atoms with Gasteiger partial charge in [-0.05, 0) is 77.5 Å². The number of rotatable bonds is 10. The highest BCUT2D eigenvalue weighted by atomic mass is 79.9. The van der Waals surface area contributed by atoms with Crippen LogP contribution in [-0.2, 0) is 22.6 Å². The second kappa shape index (κ2) is 12.8. The number of nitrogens with one attached hydrogen (secondary N) is 1. The second-order valence-corrected chi connectivity index (χ2v) is 9.65. The first-order valence-corrected chi connectivity index (χ1v) is 12.8. The largest absolute Gasteiger partial charge is 0.497 e. The lowest BCUT2D eigenvalue weighted by molar-refractivity contribution is -0.142. The van der Waals surface area contributed by atoms with Crippen LogP contribution in [0.1, 0.15) is 57.1 Å². The summed E-state index contributed by atoms with van der Waals surface area (Å²) in [7, 11) is 1.62. The number of carbonyl (C=O) groups is 2. The molecule has 3 rings (SSSR count). The molecule has 1 unspecified atom stereocenters. The molecule has 0 aromatic heterocycles. The molecule has 7 heteroatoms. The number of hydrogen-bond acceptors (Lipinski definition) is 4. The molecule has 184 valence electrons. The number of hydrogen-bond donors (Lipinski definition) is 1. The van der Waals surface area contributed by atoms with Gasteiger partial charge in [0.1, 0.15) is 17.5 Å². The maximum absolute atomic E-state index is 13.3. The molecule has 1 saturated carbocycles. The zero-order valence-corrected chi connectivity index (χ0v) is 21.9. The van der Waals surface area contributed by atoms with Gasteiger partial charge in [0, 0.05) is 12.6 Å². The van der Waals surface area contributed by atoms with E-state index < -0.39 is 6.04 Å². The Kier molecular flexibility index (Phi) is 9.81. The van der Waals surface area contributed by atoms with Crippen LogP contribution in [0.3, 0.4) is 0 Å². The number of halogens is 1. The Morgan fingerprint density at radius 3 is 2.38 bits per heavy atom. The molecule has 1 aliphatic rings. The lowest BCUT2D eigenvalue weighted by Crippen LogP contribution is -2.51. The maximum Gasteiger partial charge on any atom is 0.261 e. The Morgan fingerprint density at radius 1 is 1.09 bits per heavy atom. The molecule has 1 fully saturated rings. The van der Waals surface area contributed by atoms with Crippen molar-refractivity contribution in [2.75, 3.05) is 13.7 Å². The van der Waals surface area contributed by atoms with E-state index in [1.165, 1.54) is 12.0 Å². The predicted molar refractivity (Wildman–Crippen MR) is 137 cm³/mol. The van der Waals surface area contributed by atoms with Crippen LogP contribution in [0.5, 0.6) is 11.5 Å². The first kappa shape index (κ1) is 26.1. The quantitative estimate of drug-likeness (QED) is 0.454. The molecule has 0 radical (unpaired) electrons. The van der Waals surface area contributed by atoms with Crippen molar-refractivity contribution in [1.82, 2.24) is 10.2 Å². The molecule has 2 aromatic carbocycles. The van der Waals surface area contributed by atoms with Crippen LogP contribution in [0, 0.1) is 0 Å². The van der Waals surface area contributed by atoms with Crippen molar-refractivity contribution in [1.29, 1.82) is 0 Å². The van der Waals surface area contributed by atoms with E-state index in [2.05, 4.69) is 28.2 Å². The van der Waals surface area contributed by atoms with Crippen LogP contribution in [0.2, 0.25) is 0 Å². The molecule has 0 aliphatic heterocycles. The molecule has 6 nitrogen and oxygen atoms in total. The smallest absolute Gasteiger partial charge is 0.261 e. The predicted octanol–water partition coefficient (Wildman–Crippen LogP) is 5.27.